The fourth-order valence-corrected chi connectivity index (χ4v) is 4.26. The van der Waals surface area contributed by atoms with Gasteiger partial charge in [0, 0.05) is 25.4 Å². The monoisotopic (exact) mass is 406 g/mol. The van der Waals surface area contributed by atoms with Crippen molar-refractivity contribution in [3.8, 4) is 0 Å². The van der Waals surface area contributed by atoms with E-state index in [9.17, 15) is 9.59 Å². The minimum Gasteiger partial charge on any atom is -0.339 e. The van der Waals surface area contributed by atoms with Crippen molar-refractivity contribution in [3.63, 3.8) is 0 Å². The maximum atomic E-state index is 12.6. The average molecular weight is 407 g/mol. The van der Waals surface area contributed by atoms with Crippen LogP contribution in [0.15, 0.2) is 24.3 Å². The summed E-state index contributed by atoms with van der Waals surface area (Å²) in [6, 6.07) is 7.04. The second kappa shape index (κ2) is 8.80. The molecule has 2 aromatic rings. The molecule has 1 aliphatic heterocycles. The lowest BCUT2D eigenvalue weighted by Crippen LogP contribution is -2.41. The van der Waals surface area contributed by atoms with Gasteiger partial charge in [-0.05, 0) is 30.9 Å². The van der Waals surface area contributed by atoms with Crippen LogP contribution >= 0.6 is 22.9 Å². The molecular formula is C19H23ClN4O2S. The summed E-state index contributed by atoms with van der Waals surface area (Å²) >= 11 is 7.54. The van der Waals surface area contributed by atoms with Gasteiger partial charge >= 0.3 is 0 Å². The first-order valence-electron chi connectivity index (χ1n) is 9.11. The summed E-state index contributed by atoms with van der Waals surface area (Å²) in [5, 5.41) is 13.0. The van der Waals surface area contributed by atoms with Crippen molar-refractivity contribution < 1.29 is 9.59 Å². The number of benzene rings is 1. The lowest BCUT2D eigenvalue weighted by Gasteiger charge is -2.31. The number of carbonyl (C=O) groups excluding carboxylic acids is 2. The zero-order valence-corrected chi connectivity index (χ0v) is 17.0. The van der Waals surface area contributed by atoms with E-state index in [-0.39, 0.29) is 17.7 Å². The number of carbonyl (C=O) groups is 2. The molecule has 27 heavy (non-hydrogen) atoms. The summed E-state index contributed by atoms with van der Waals surface area (Å²) in [7, 11) is 0. The van der Waals surface area contributed by atoms with Gasteiger partial charge in [0.05, 0.1) is 10.6 Å². The zero-order valence-electron chi connectivity index (χ0n) is 15.4. The predicted octanol–water partition coefficient (Wildman–Crippen LogP) is 3.88. The summed E-state index contributed by atoms with van der Waals surface area (Å²) in [6.07, 6.45) is 2.11. The highest BCUT2D eigenvalue weighted by atomic mass is 35.5. The zero-order chi connectivity index (χ0) is 19.4. The van der Waals surface area contributed by atoms with Gasteiger partial charge in [-0.2, -0.15) is 0 Å². The van der Waals surface area contributed by atoms with Crippen LogP contribution in [0.5, 0.6) is 0 Å². The molecule has 0 unspecified atom stereocenters. The van der Waals surface area contributed by atoms with E-state index >= 15 is 0 Å². The number of hydrogen-bond acceptors (Lipinski definition) is 5. The summed E-state index contributed by atoms with van der Waals surface area (Å²) in [6.45, 7) is 5.32. The van der Waals surface area contributed by atoms with Crippen molar-refractivity contribution in [2.75, 3.05) is 18.4 Å². The number of halogens is 1. The Balaban J connectivity index is 1.53. The molecule has 0 bridgehead atoms. The Labute approximate surface area is 167 Å². The number of aromatic nitrogens is 2. The SMILES string of the molecule is CC(C)Cc1nnc(NC(=O)C2CCN(C(=O)c3ccccc3Cl)CC2)s1. The molecule has 1 saturated heterocycles. The van der Waals surface area contributed by atoms with E-state index in [4.69, 9.17) is 11.6 Å². The van der Waals surface area contributed by atoms with Crippen LogP contribution in [0.4, 0.5) is 5.13 Å². The molecule has 8 heteroatoms. The lowest BCUT2D eigenvalue weighted by molar-refractivity contribution is -0.121. The van der Waals surface area contributed by atoms with Gasteiger partial charge in [0.2, 0.25) is 11.0 Å². The van der Waals surface area contributed by atoms with Gasteiger partial charge < -0.3 is 10.2 Å². The minimum absolute atomic E-state index is 0.0490. The normalized spacial score (nSPS) is 15.2. The molecule has 0 radical (unpaired) electrons. The molecule has 1 aromatic heterocycles. The van der Waals surface area contributed by atoms with Gasteiger partial charge in [-0.15, -0.1) is 10.2 Å². The Morgan fingerprint density at radius 3 is 2.63 bits per heavy atom. The van der Waals surface area contributed by atoms with Crippen LogP contribution in [-0.4, -0.2) is 40.0 Å². The molecule has 1 fully saturated rings. The third kappa shape index (κ3) is 5.05. The number of amides is 2. The number of rotatable bonds is 5. The van der Waals surface area contributed by atoms with Gasteiger partial charge in [0.1, 0.15) is 5.01 Å². The van der Waals surface area contributed by atoms with E-state index < -0.39 is 0 Å². The highest BCUT2D eigenvalue weighted by Crippen LogP contribution is 2.24. The Morgan fingerprint density at radius 2 is 1.96 bits per heavy atom. The summed E-state index contributed by atoms with van der Waals surface area (Å²) in [5.41, 5.74) is 0.508. The van der Waals surface area contributed by atoms with Crippen LogP contribution in [-0.2, 0) is 11.2 Å². The number of piperidine rings is 1. The van der Waals surface area contributed by atoms with Crippen LogP contribution < -0.4 is 5.32 Å². The number of nitrogens with one attached hydrogen (secondary N) is 1. The van der Waals surface area contributed by atoms with Crippen LogP contribution in [0, 0.1) is 11.8 Å². The maximum Gasteiger partial charge on any atom is 0.255 e. The number of nitrogens with zero attached hydrogens (tertiary/aromatic N) is 3. The summed E-state index contributed by atoms with van der Waals surface area (Å²) in [4.78, 5) is 26.9. The topological polar surface area (TPSA) is 75.2 Å². The molecule has 0 saturated carbocycles. The molecule has 1 N–H and O–H groups in total. The highest BCUT2D eigenvalue weighted by Gasteiger charge is 2.29. The summed E-state index contributed by atoms with van der Waals surface area (Å²) in [5.74, 6) is 0.244. The van der Waals surface area contributed by atoms with Crippen LogP contribution in [0.1, 0.15) is 42.1 Å². The van der Waals surface area contributed by atoms with E-state index in [0.717, 1.165) is 11.4 Å². The second-order valence-electron chi connectivity index (χ2n) is 7.13. The van der Waals surface area contributed by atoms with E-state index in [1.807, 2.05) is 0 Å². The Bertz CT molecular complexity index is 816. The van der Waals surface area contributed by atoms with Crippen LogP contribution in [0.3, 0.4) is 0 Å². The largest absolute Gasteiger partial charge is 0.339 e. The van der Waals surface area contributed by atoms with Crippen molar-refractivity contribution in [3.05, 3.63) is 39.9 Å². The van der Waals surface area contributed by atoms with Crippen molar-refractivity contribution >= 4 is 39.9 Å². The molecule has 3 rings (SSSR count). The number of likely N-dealkylation sites (tertiary alicyclic amines) is 1. The smallest absolute Gasteiger partial charge is 0.255 e. The van der Waals surface area contributed by atoms with Crippen molar-refractivity contribution in [1.82, 2.24) is 15.1 Å². The molecule has 6 nitrogen and oxygen atoms in total. The molecule has 2 heterocycles. The second-order valence-corrected chi connectivity index (χ2v) is 8.60. The molecule has 144 valence electrons. The number of hydrogen-bond donors (Lipinski definition) is 1. The first-order chi connectivity index (χ1) is 12.9. The number of anilines is 1. The van der Waals surface area contributed by atoms with Gasteiger partial charge in [-0.3, -0.25) is 9.59 Å². The van der Waals surface area contributed by atoms with Gasteiger partial charge in [-0.1, -0.05) is 48.9 Å². The van der Waals surface area contributed by atoms with E-state index in [0.29, 0.717) is 47.6 Å². The van der Waals surface area contributed by atoms with Gasteiger partial charge in [0.25, 0.3) is 5.91 Å². The van der Waals surface area contributed by atoms with Crippen LogP contribution in [0.25, 0.3) is 0 Å². The van der Waals surface area contributed by atoms with E-state index in [1.165, 1.54) is 11.3 Å². The third-order valence-corrected chi connectivity index (χ3v) is 5.73. The van der Waals surface area contributed by atoms with Crippen LogP contribution in [0.2, 0.25) is 5.02 Å². The van der Waals surface area contributed by atoms with E-state index in [2.05, 4.69) is 29.4 Å². The highest BCUT2D eigenvalue weighted by molar-refractivity contribution is 7.15. The average Bonchev–Trinajstić information content (AvgIpc) is 3.07. The molecule has 1 aromatic carbocycles. The Kier molecular flexibility index (Phi) is 6.44. The third-order valence-electron chi connectivity index (χ3n) is 4.54. The molecule has 2 amide bonds. The fourth-order valence-electron chi connectivity index (χ4n) is 3.09. The van der Waals surface area contributed by atoms with Crippen molar-refractivity contribution in [2.45, 2.75) is 33.1 Å². The van der Waals surface area contributed by atoms with Crippen molar-refractivity contribution in [1.29, 1.82) is 0 Å². The molecule has 1 aliphatic rings. The standard InChI is InChI=1S/C19H23ClN4O2S/c1-12(2)11-16-22-23-19(27-16)21-17(25)13-7-9-24(10-8-13)18(26)14-5-3-4-6-15(14)20/h3-6,12-13H,7-11H2,1-2H3,(H,21,23,25). The lowest BCUT2D eigenvalue weighted by atomic mass is 9.95. The minimum atomic E-state index is -0.127. The fraction of sp³-hybridized carbons (Fsp3) is 0.474. The van der Waals surface area contributed by atoms with Gasteiger partial charge in [0.15, 0.2) is 0 Å². The Morgan fingerprint density at radius 1 is 1.26 bits per heavy atom. The Hall–Kier alpha value is -1.99. The molecule has 0 atom stereocenters. The molecule has 0 aliphatic carbocycles. The molecular weight excluding hydrogens is 384 g/mol. The van der Waals surface area contributed by atoms with E-state index in [1.54, 1.807) is 29.2 Å². The predicted molar refractivity (Wildman–Crippen MR) is 107 cm³/mol. The molecule has 0 spiro atoms. The quantitative estimate of drug-likeness (QED) is 0.817. The van der Waals surface area contributed by atoms with Crippen molar-refractivity contribution in [2.24, 2.45) is 11.8 Å². The summed E-state index contributed by atoms with van der Waals surface area (Å²) < 4.78 is 0. The first-order valence-corrected chi connectivity index (χ1v) is 10.3. The van der Waals surface area contributed by atoms with Gasteiger partial charge in [-0.25, -0.2) is 0 Å². The first kappa shape index (κ1) is 19.8. The maximum absolute atomic E-state index is 12.6.